The van der Waals surface area contributed by atoms with Crippen molar-refractivity contribution in [3.63, 3.8) is 0 Å². The summed E-state index contributed by atoms with van der Waals surface area (Å²) in [7, 11) is 3.84. The van der Waals surface area contributed by atoms with Crippen molar-refractivity contribution in [1.29, 1.82) is 0 Å². The predicted molar refractivity (Wildman–Crippen MR) is 90.5 cm³/mol. The van der Waals surface area contributed by atoms with Gasteiger partial charge in [0.1, 0.15) is 11.9 Å². The molecule has 2 amide bonds. The Labute approximate surface area is 141 Å². The van der Waals surface area contributed by atoms with Crippen molar-refractivity contribution in [2.24, 2.45) is 5.92 Å². The van der Waals surface area contributed by atoms with Crippen molar-refractivity contribution in [3.8, 4) is 0 Å². The number of amides is 2. The van der Waals surface area contributed by atoms with Gasteiger partial charge in [0, 0.05) is 14.1 Å². The van der Waals surface area contributed by atoms with Crippen LogP contribution >= 0.6 is 0 Å². The first kappa shape index (κ1) is 17.7. The van der Waals surface area contributed by atoms with Crippen LogP contribution in [0.1, 0.15) is 37.3 Å². The Morgan fingerprint density at radius 1 is 1.29 bits per heavy atom. The van der Waals surface area contributed by atoms with Gasteiger partial charge in [0.05, 0.1) is 12.2 Å². The Hall–Kier alpha value is -2.64. The molecule has 0 saturated carbocycles. The molecule has 0 radical (unpaired) electrons. The van der Waals surface area contributed by atoms with E-state index in [4.69, 9.17) is 4.52 Å². The third kappa shape index (κ3) is 4.68. The fourth-order valence-corrected chi connectivity index (χ4v) is 2.13. The Kier molecular flexibility index (Phi) is 5.73. The zero-order valence-electron chi connectivity index (χ0n) is 14.7. The van der Waals surface area contributed by atoms with Crippen molar-refractivity contribution in [1.82, 2.24) is 25.8 Å². The Morgan fingerprint density at radius 2 is 2.04 bits per heavy atom. The van der Waals surface area contributed by atoms with Crippen LogP contribution in [0, 0.1) is 12.8 Å². The van der Waals surface area contributed by atoms with Crippen LogP contribution in [0.15, 0.2) is 22.7 Å². The van der Waals surface area contributed by atoms with Gasteiger partial charge in [-0.15, -0.1) is 0 Å². The molecule has 2 heterocycles. The van der Waals surface area contributed by atoms with E-state index in [1.165, 1.54) is 0 Å². The van der Waals surface area contributed by atoms with Crippen LogP contribution in [0.5, 0.6) is 0 Å². The van der Waals surface area contributed by atoms with E-state index >= 15 is 0 Å². The van der Waals surface area contributed by atoms with Crippen LogP contribution in [0.2, 0.25) is 0 Å². The zero-order chi connectivity index (χ0) is 17.7. The van der Waals surface area contributed by atoms with Crippen LogP contribution in [-0.2, 0) is 6.54 Å². The Bertz CT molecular complexity index is 683. The lowest BCUT2D eigenvalue weighted by molar-refractivity contribution is 0.224. The normalized spacial score (nSPS) is 12.1. The van der Waals surface area contributed by atoms with Crippen LogP contribution in [0.25, 0.3) is 0 Å². The van der Waals surface area contributed by atoms with Gasteiger partial charge in [-0.2, -0.15) is 4.98 Å². The molecule has 0 fully saturated rings. The predicted octanol–water partition coefficient (Wildman–Crippen LogP) is 2.04. The molecule has 8 nitrogen and oxygen atoms in total. The van der Waals surface area contributed by atoms with E-state index in [-0.39, 0.29) is 18.0 Å². The van der Waals surface area contributed by atoms with E-state index < -0.39 is 0 Å². The first-order valence-electron chi connectivity index (χ1n) is 7.84. The number of aromatic nitrogens is 3. The minimum absolute atomic E-state index is 0.116. The Morgan fingerprint density at radius 3 is 2.62 bits per heavy atom. The molecule has 0 aliphatic heterocycles. The van der Waals surface area contributed by atoms with E-state index in [0.29, 0.717) is 18.3 Å². The summed E-state index contributed by atoms with van der Waals surface area (Å²) >= 11 is 0. The molecule has 2 rings (SSSR count). The second-order valence-corrected chi connectivity index (χ2v) is 6.11. The molecule has 24 heavy (non-hydrogen) atoms. The van der Waals surface area contributed by atoms with Gasteiger partial charge in [-0.25, -0.2) is 9.78 Å². The highest BCUT2D eigenvalue weighted by atomic mass is 16.5. The lowest BCUT2D eigenvalue weighted by Crippen LogP contribution is -2.39. The number of hydrogen-bond acceptors (Lipinski definition) is 6. The van der Waals surface area contributed by atoms with E-state index in [1.54, 1.807) is 6.92 Å². The minimum atomic E-state index is -0.340. The van der Waals surface area contributed by atoms with Crippen LogP contribution < -0.4 is 15.5 Å². The van der Waals surface area contributed by atoms with Gasteiger partial charge in [0.2, 0.25) is 5.89 Å². The summed E-state index contributed by atoms with van der Waals surface area (Å²) in [4.78, 5) is 22.8. The number of rotatable bonds is 6. The molecule has 1 atom stereocenters. The fraction of sp³-hybridized carbons (Fsp3) is 0.500. The zero-order valence-corrected chi connectivity index (χ0v) is 14.7. The van der Waals surface area contributed by atoms with Crippen molar-refractivity contribution in [2.45, 2.75) is 33.4 Å². The number of hydrogen-bond donors (Lipinski definition) is 2. The maximum absolute atomic E-state index is 12.2. The molecule has 0 unspecified atom stereocenters. The summed E-state index contributed by atoms with van der Waals surface area (Å²) in [6.07, 6.45) is 0. The summed E-state index contributed by atoms with van der Waals surface area (Å²) in [5.41, 5.74) is 0.783. The van der Waals surface area contributed by atoms with Crippen molar-refractivity contribution < 1.29 is 9.32 Å². The Balaban J connectivity index is 1.95. The fourth-order valence-electron chi connectivity index (χ4n) is 2.13. The average molecular weight is 332 g/mol. The molecule has 2 N–H and O–H groups in total. The van der Waals surface area contributed by atoms with Crippen LogP contribution in [-0.4, -0.2) is 35.3 Å². The molecule has 2 aromatic rings. The smallest absolute Gasteiger partial charge is 0.315 e. The van der Waals surface area contributed by atoms with Crippen molar-refractivity contribution in [2.75, 3.05) is 19.0 Å². The number of carbonyl (C=O) groups excluding carboxylic acids is 1. The summed E-state index contributed by atoms with van der Waals surface area (Å²) in [5.74, 6) is 1.91. The van der Waals surface area contributed by atoms with E-state index in [2.05, 4.69) is 25.8 Å². The highest BCUT2D eigenvalue weighted by Gasteiger charge is 2.23. The molecule has 0 saturated heterocycles. The maximum Gasteiger partial charge on any atom is 0.315 e. The summed E-state index contributed by atoms with van der Waals surface area (Å²) < 4.78 is 5.17. The van der Waals surface area contributed by atoms with Gasteiger partial charge in [0.25, 0.3) is 0 Å². The summed E-state index contributed by atoms with van der Waals surface area (Å²) in [6, 6.07) is 5.05. The topological polar surface area (TPSA) is 96.2 Å². The monoisotopic (exact) mass is 332 g/mol. The molecule has 0 spiro atoms. The summed E-state index contributed by atoms with van der Waals surface area (Å²) in [6.45, 7) is 6.04. The third-order valence-electron chi connectivity index (χ3n) is 3.44. The number of pyridine rings is 1. The van der Waals surface area contributed by atoms with Crippen molar-refractivity contribution in [3.05, 3.63) is 35.6 Å². The lowest BCUT2D eigenvalue weighted by Gasteiger charge is -2.19. The SMILES string of the molecule is Cc1noc([C@H](NC(=O)NCc2cccc(N(C)C)n2)C(C)C)n1. The first-order chi connectivity index (χ1) is 11.4. The molecular weight excluding hydrogens is 308 g/mol. The first-order valence-corrected chi connectivity index (χ1v) is 7.84. The molecule has 130 valence electrons. The quantitative estimate of drug-likeness (QED) is 0.840. The lowest BCUT2D eigenvalue weighted by atomic mass is 10.0. The van der Waals surface area contributed by atoms with Gasteiger partial charge < -0.3 is 20.1 Å². The highest BCUT2D eigenvalue weighted by Crippen LogP contribution is 2.19. The number of aryl methyl sites for hydroxylation is 1. The molecule has 0 aliphatic rings. The van der Waals surface area contributed by atoms with Crippen LogP contribution in [0.3, 0.4) is 0 Å². The second-order valence-electron chi connectivity index (χ2n) is 6.11. The number of anilines is 1. The highest BCUT2D eigenvalue weighted by molar-refractivity contribution is 5.74. The average Bonchev–Trinajstić information content (AvgIpc) is 2.96. The largest absolute Gasteiger partial charge is 0.363 e. The van der Waals surface area contributed by atoms with Gasteiger partial charge in [0.15, 0.2) is 5.82 Å². The molecule has 2 aromatic heterocycles. The van der Waals surface area contributed by atoms with Crippen molar-refractivity contribution >= 4 is 11.8 Å². The molecule has 0 aromatic carbocycles. The number of urea groups is 1. The second kappa shape index (κ2) is 7.76. The molecule has 0 bridgehead atoms. The van der Waals surface area contributed by atoms with E-state index in [0.717, 1.165) is 11.5 Å². The van der Waals surface area contributed by atoms with Gasteiger partial charge in [-0.3, -0.25) is 0 Å². The van der Waals surface area contributed by atoms with Crippen LogP contribution in [0.4, 0.5) is 10.6 Å². The number of nitrogens with zero attached hydrogens (tertiary/aromatic N) is 4. The van der Waals surface area contributed by atoms with E-state index in [1.807, 2.05) is 51.0 Å². The minimum Gasteiger partial charge on any atom is -0.363 e. The molecule has 8 heteroatoms. The summed E-state index contributed by atoms with van der Waals surface area (Å²) in [5, 5.41) is 9.45. The number of carbonyl (C=O) groups is 1. The van der Waals surface area contributed by atoms with Gasteiger partial charge >= 0.3 is 6.03 Å². The maximum atomic E-state index is 12.2. The van der Waals surface area contributed by atoms with Gasteiger partial charge in [-0.1, -0.05) is 25.1 Å². The third-order valence-corrected chi connectivity index (χ3v) is 3.44. The molecule has 0 aliphatic carbocycles. The van der Waals surface area contributed by atoms with E-state index in [9.17, 15) is 4.79 Å². The van der Waals surface area contributed by atoms with Gasteiger partial charge in [-0.05, 0) is 25.0 Å². The number of nitrogens with one attached hydrogen (secondary N) is 2. The molecular formula is C16H24N6O2. The standard InChI is InChI=1S/C16H24N6O2/c1-10(2)14(15-18-11(3)21-24-15)20-16(23)17-9-12-7-6-8-13(19-12)22(4)5/h6-8,10,14H,9H2,1-5H3,(H2,17,20,23)/t14-/m1/s1.